The van der Waals surface area contributed by atoms with Crippen LogP contribution in [-0.4, -0.2) is 21.3 Å². The van der Waals surface area contributed by atoms with Crippen LogP contribution in [0.3, 0.4) is 0 Å². The summed E-state index contributed by atoms with van der Waals surface area (Å²) >= 11 is 1.79. The molecule has 2 aromatic heterocycles. The van der Waals surface area contributed by atoms with Gasteiger partial charge in [-0.15, -0.1) is 11.3 Å². The maximum absolute atomic E-state index is 4.48. The lowest BCUT2D eigenvalue weighted by Gasteiger charge is -2.13. The van der Waals surface area contributed by atoms with E-state index in [0.717, 1.165) is 19.6 Å². The maximum Gasteiger partial charge on any atom is 0.0981 e. The minimum absolute atomic E-state index is 0.151. The topological polar surface area (TPSA) is 42.7 Å². The molecular weight excluding hydrogens is 244 g/mol. The highest BCUT2D eigenvalue weighted by molar-refractivity contribution is 7.11. The third kappa shape index (κ3) is 3.65. The quantitative estimate of drug-likeness (QED) is 0.843. The van der Waals surface area contributed by atoms with Crippen molar-refractivity contribution in [2.24, 2.45) is 0 Å². The van der Waals surface area contributed by atoms with Crippen molar-refractivity contribution < 1.29 is 0 Å². The zero-order chi connectivity index (χ0) is 13.0. The Hall–Kier alpha value is -1.20. The number of nitrogens with one attached hydrogen (secondary N) is 1. The fourth-order valence-corrected chi connectivity index (χ4v) is 2.51. The minimum atomic E-state index is 0.151. The van der Waals surface area contributed by atoms with E-state index < -0.39 is 0 Å². The summed E-state index contributed by atoms with van der Waals surface area (Å²) in [6.45, 7) is 9.29. The summed E-state index contributed by atoms with van der Waals surface area (Å²) in [6, 6.07) is 1.94. The van der Waals surface area contributed by atoms with Crippen LogP contribution >= 0.6 is 11.3 Å². The van der Waals surface area contributed by atoms with Crippen LogP contribution in [-0.2, 0) is 18.5 Å². The third-order valence-corrected chi connectivity index (χ3v) is 3.99. The average molecular weight is 264 g/mol. The summed E-state index contributed by atoms with van der Waals surface area (Å²) in [5.41, 5.74) is 0.151. The average Bonchev–Trinajstić information content (AvgIpc) is 2.95. The second-order valence-electron chi connectivity index (χ2n) is 5.33. The van der Waals surface area contributed by atoms with Gasteiger partial charge >= 0.3 is 0 Å². The van der Waals surface area contributed by atoms with Crippen molar-refractivity contribution in [2.45, 2.75) is 39.3 Å². The molecule has 0 aliphatic rings. The lowest BCUT2D eigenvalue weighted by Crippen LogP contribution is -2.19. The van der Waals surface area contributed by atoms with Crippen molar-refractivity contribution >= 4 is 11.3 Å². The van der Waals surface area contributed by atoms with Crippen LogP contribution in [0.15, 0.2) is 24.7 Å². The van der Waals surface area contributed by atoms with E-state index in [0.29, 0.717) is 0 Å². The first kappa shape index (κ1) is 13.2. The molecule has 18 heavy (non-hydrogen) atoms. The highest BCUT2D eigenvalue weighted by Gasteiger charge is 2.17. The molecule has 0 atom stereocenters. The van der Waals surface area contributed by atoms with Crippen LogP contribution in [0, 0.1) is 0 Å². The number of rotatable bonds is 5. The van der Waals surface area contributed by atoms with Crippen molar-refractivity contribution in [1.29, 1.82) is 0 Å². The van der Waals surface area contributed by atoms with Crippen molar-refractivity contribution in [1.82, 2.24) is 20.1 Å². The molecule has 0 amide bonds. The van der Waals surface area contributed by atoms with Gasteiger partial charge < -0.3 is 5.32 Å². The Morgan fingerprint density at radius 2 is 2.22 bits per heavy atom. The van der Waals surface area contributed by atoms with E-state index in [9.17, 15) is 0 Å². The zero-order valence-corrected chi connectivity index (χ0v) is 12.0. The van der Waals surface area contributed by atoms with Crippen LogP contribution in [0.1, 0.15) is 30.7 Å². The number of hydrogen-bond donors (Lipinski definition) is 1. The fourth-order valence-electron chi connectivity index (χ4n) is 1.57. The van der Waals surface area contributed by atoms with Gasteiger partial charge in [-0.25, -0.2) is 4.98 Å². The van der Waals surface area contributed by atoms with Crippen molar-refractivity contribution in [3.8, 4) is 0 Å². The zero-order valence-electron chi connectivity index (χ0n) is 11.2. The molecule has 98 valence electrons. The van der Waals surface area contributed by atoms with Gasteiger partial charge in [0.15, 0.2) is 0 Å². The van der Waals surface area contributed by atoms with Crippen LogP contribution in [0.25, 0.3) is 0 Å². The number of nitrogens with zero attached hydrogens (tertiary/aromatic N) is 3. The first-order chi connectivity index (χ1) is 8.55. The smallest absolute Gasteiger partial charge is 0.0981 e. The lowest BCUT2D eigenvalue weighted by molar-refractivity contribution is 0.556. The summed E-state index contributed by atoms with van der Waals surface area (Å²) in [5, 5.41) is 8.78. The molecule has 0 saturated carbocycles. The predicted octanol–water partition coefficient (Wildman–Crippen LogP) is 2.43. The van der Waals surface area contributed by atoms with Gasteiger partial charge in [-0.3, -0.25) is 4.68 Å². The maximum atomic E-state index is 4.48. The molecule has 0 unspecified atom stereocenters. The molecule has 0 aliphatic heterocycles. The van der Waals surface area contributed by atoms with Gasteiger partial charge in [-0.1, -0.05) is 20.8 Å². The Morgan fingerprint density at radius 3 is 2.83 bits per heavy atom. The monoisotopic (exact) mass is 264 g/mol. The highest BCUT2D eigenvalue weighted by Crippen LogP contribution is 2.26. The third-order valence-electron chi connectivity index (χ3n) is 2.57. The highest BCUT2D eigenvalue weighted by atomic mass is 32.1. The molecule has 0 bridgehead atoms. The van der Waals surface area contributed by atoms with Crippen molar-refractivity contribution in [3.05, 3.63) is 34.5 Å². The number of hydrogen-bond acceptors (Lipinski definition) is 4. The first-order valence-corrected chi connectivity index (χ1v) is 7.01. The Morgan fingerprint density at radius 1 is 1.39 bits per heavy atom. The van der Waals surface area contributed by atoms with Crippen molar-refractivity contribution in [3.63, 3.8) is 0 Å². The van der Waals surface area contributed by atoms with E-state index >= 15 is 0 Å². The molecule has 0 aliphatic carbocycles. The molecule has 5 heteroatoms. The van der Waals surface area contributed by atoms with Crippen LogP contribution in [0.5, 0.6) is 0 Å². The number of thiazole rings is 1. The molecule has 2 aromatic rings. The van der Waals surface area contributed by atoms with Gasteiger partial charge in [-0.2, -0.15) is 5.10 Å². The molecule has 0 aromatic carbocycles. The molecule has 0 saturated heterocycles. The Kier molecular flexibility index (Phi) is 4.14. The van der Waals surface area contributed by atoms with E-state index in [4.69, 9.17) is 0 Å². The summed E-state index contributed by atoms with van der Waals surface area (Å²) in [4.78, 5) is 5.77. The normalized spacial score (nSPS) is 11.9. The standard InChI is InChI=1S/C13H20N4S/c1-13(2,3)12-15-10-11(18-12)9-14-6-8-17-7-4-5-16-17/h4-5,7,10,14H,6,8-9H2,1-3H3. The summed E-state index contributed by atoms with van der Waals surface area (Å²) in [7, 11) is 0. The molecule has 0 radical (unpaired) electrons. The van der Waals surface area contributed by atoms with E-state index in [1.54, 1.807) is 17.5 Å². The van der Waals surface area contributed by atoms with Gasteiger partial charge in [0, 0.05) is 42.0 Å². The minimum Gasteiger partial charge on any atom is -0.310 e. The summed E-state index contributed by atoms with van der Waals surface area (Å²) in [6.07, 6.45) is 5.76. The lowest BCUT2D eigenvalue weighted by atomic mass is 9.98. The molecule has 2 heterocycles. The molecular formula is C13H20N4S. The van der Waals surface area contributed by atoms with Gasteiger partial charge in [0.1, 0.15) is 0 Å². The molecule has 2 rings (SSSR count). The predicted molar refractivity (Wildman–Crippen MR) is 74.7 cm³/mol. The van der Waals surface area contributed by atoms with E-state index in [1.165, 1.54) is 9.88 Å². The molecule has 1 N–H and O–H groups in total. The van der Waals surface area contributed by atoms with Crippen molar-refractivity contribution in [2.75, 3.05) is 6.54 Å². The van der Waals surface area contributed by atoms with E-state index in [-0.39, 0.29) is 5.41 Å². The fraction of sp³-hybridized carbons (Fsp3) is 0.538. The van der Waals surface area contributed by atoms with Crippen LogP contribution in [0.2, 0.25) is 0 Å². The van der Waals surface area contributed by atoms with Gasteiger partial charge in [-0.05, 0) is 6.07 Å². The Labute approximate surface area is 112 Å². The Balaban J connectivity index is 1.75. The molecule has 0 spiro atoms. The SMILES string of the molecule is CC(C)(C)c1ncc(CNCCn2cccn2)s1. The second kappa shape index (κ2) is 5.63. The summed E-state index contributed by atoms with van der Waals surface area (Å²) < 4.78 is 1.93. The van der Waals surface area contributed by atoms with E-state index in [1.807, 2.05) is 23.1 Å². The Bertz CT molecular complexity index is 467. The van der Waals surface area contributed by atoms with Gasteiger partial charge in [0.05, 0.1) is 11.6 Å². The first-order valence-electron chi connectivity index (χ1n) is 6.19. The van der Waals surface area contributed by atoms with Gasteiger partial charge in [0.25, 0.3) is 0 Å². The number of aromatic nitrogens is 3. The molecule has 0 fully saturated rings. The summed E-state index contributed by atoms with van der Waals surface area (Å²) in [5.74, 6) is 0. The second-order valence-corrected chi connectivity index (χ2v) is 6.44. The van der Waals surface area contributed by atoms with Crippen LogP contribution in [0.4, 0.5) is 0 Å². The van der Waals surface area contributed by atoms with Gasteiger partial charge in [0.2, 0.25) is 0 Å². The van der Waals surface area contributed by atoms with Crippen LogP contribution < -0.4 is 5.32 Å². The molecule has 4 nitrogen and oxygen atoms in total. The largest absolute Gasteiger partial charge is 0.310 e. The van der Waals surface area contributed by atoms with E-state index in [2.05, 4.69) is 36.2 Å².